The normalized spacial score (nSPS) is 22.3. The Morgan fingerprint density at radius 1 is 1.38 bits per heavy atom. The number of benzene rings is 1. The molecule has 0 aromatic heterocycles. The summed E-state index contributed by atoms with van der Waals surface area (Å²) in [6.45, 7) is 5.69. The monoisotopic (exact) mass is 308 g/mol. The van der Waals surface area contributed by atoms with Crippen LogP contribution in [0.4, 0.5) is 0 Å². The van der Waals surface area contributed by atoms with Gasteiger partial charge in [-0.3, -0.25) is 4.21 Å². The topological polar surface area (TPSA) is 32.3 Å². The molecule has 0 spiro atoms. The Balaban J connectivity index is 1.65. The van der Waals surface area contributed by atoms with Gasteiger partial charge in [0.05, 0.1) is 0 Å². The highest BCUT2D eigenvalue weighted by atomic mass is 32.2. The van der Waals surface area contributed by atoms with Gasteiger partial charge in [-0.15, -0.1) is 0 Å². The summed E-state index contributed by atoms with van der Waals surface area (Å²) in [6, 6.07) is 11.8. The molecule has 1 N–H and O–H groups in total. The van der Waals surface area contributed by atoms with Crippen LogP contribution in [0.5, 0.6) is 0 Å². The molecular weight excluding hydrogens is 280 g/mol. The summed E-state index contributed by atoms with van der Waals surface area (Å²) in [6.07, 6.45) is 5.16. The van der Waals surface area contributed by atoms with E-state index in [9.17, 15) is 4.21 Å². The first kappa shape index (κ1) is 16.7. The van der Waals surface area contributed by atoms with Crippen molar-refractivity contribution in [2.45, 2.75) is 38.3 Å². The third kappa shape index (κ3) is 6.29. The lowest BCUT2D eigenvalue weighted by molar-refractivity contribution is 0.326. The summed E-state index contributed by atoms with van der Waals surface area (Å²) < 4.78 is 11.1. The third-order valence-electron chi connectivity index (χ3n) is 4.19. The number of hydrogen-bond donors (Lipinski definition) is 1. The molecule has 2 rings (SSSR count). The van der Waals surface area contributed by atoms with E-state index < -0.39 is 10.8 Å². The molecule has 1 heterocycles. The van der Waals surface area contributed by atoms with Crippen molar-refractivity contribution in [2.75, 3.05) is 31.6 Å². The van der Waals surface area contributed by atoms with Gasteiger partial charge in [0.15, 0.2) is 0 Å². The van der Waals surface area contributed by atoms with Crippen molar-refractivity contribution in [3.8, 4) is 0 Å². The van der Waals surface area contributed by atoms with Crippen LogP contribution in [-0.4, -0.2) is 52.8 Å². The maximum Gasteiger partial charge on any atom is 0.0246 e. The SMILES string of the molecule is CC(CCS(C)=O)NC1CCN(CCc2ccccc2)C1. The van der Waals surface area contributed by atoms with E-state index in [0.717, 1.165) is 31.7 Å². The van der Waals surface area contributed by atoms with E-state index in [1.54, 1.807) is 6.26 Å². The first-order valence-electron chi connectivity index (χ1n) is 7.96. The lowest BCUT2D eigenvalue weighted by atomic mass is 10.1. The predicted octanol–water partition coefficient (Wildman–Crippen LogP) is 2.05. The van der Waals surface area contributed by atoms with Gasteiger partial charge in [0.25, 0.3) is 0 Å². The van der Waals surface area contributed by atoms with Crippen molar-refractivity contribution in [1.29, 1.82) is 0 Å². The second-order valence-electron chi connectivity index (χ2n) is 6.16. The standard InChI is InChI=1S/C17H28N2OS/c1-15(10-13-21(2)20)18-17-9-12-19(14-17)11-8-16-6-4-3-5-7-16/h3-7,15,17-18H,8-14H2,1-2H3. The molecule has 1 aromatic carbocycles. The van der Waals surface area contributed by atoms with Crippen LogP contribution in [0.3, 0.4) is 0 Å². The number of nitrogens with one attached hydrogen (secondary N) is 1. The first-order chi connectivity index (χ1) is 10.1. The molecular formula is C17H28N2OS. The average Bonchev–Trinajstić information content (AvgIpc) is 2.91. The van der Waals surface area contributed by atoms with E-state index in [-0.39, 0.29) is 0 Å². The van der Waals surface area contributed by atoms with Crippen LogP contribution in [0.25, 0.3) is 0 Å². The van der Waals surface area contributed by atoms with Crippen molar-refractivity contribution in [2.24, 2.45) is 0 Å². The fourth-order valence-corrected chi connectivity index (χ4v) is 3.62. The minimum Gasteiger partial charge on any atom is -0.310 e. The van der Waals surface area contributed by atoms with Gasteiger partial charge < -0.3 is 10.2 Å². The Labute approximate surface area is 131 Å². The van der Waals surface area contributed by atoms with E-state index in [2.05, 4.69) is 47.5 Å². The fourth-order valence-electron chi connectivity index (χ4n) is 2.93. The van der Waals surface area contributed by atoms with Crippen LogP contribution >= 0.6 is 0 Å². The van der Waals surface area contributed by atoms with Crippen LogP contribution in [0.2, 0.25) is 0 Å². The summed E-state index contributed by atoms with van der Waals surface area (Å²) in [5, 5.41) is 3.69. The Morgan fingerprint density at radius 2 is 2.14 bits per heavy atom. The predicted molar refractivity (Wildman–Crippen MR) is 91.1 cm³/mol. The molecule has 3 atom stereocenters. The molecule has 1 fully saturated rings. The highest BCUT2D eigenvalue weighted by Gasteiger charge is 2.23. The Morgan fingerprint density at radius 3 is 2.86 bits per heavy atom. The molecule has 0 radical (unpaired) electrons. The zero-order chi connectivity index (χ0) is 15.1. The third-order valence-corrected chi connectivity index (χ3v) is 5.00. The van der Waals surface area contributed by atoms with Gasteiger partial charge in [-0.1, -0.05) is 30.3 Å². The highest BCUT2D eigenvalue weighted by molar-refractivity contribution is 7.84. The maximum atomic E-state index is 11.1. The Kier molecular flexibility index (Phi) is 6.87. The summed E-state index contributed by atoms with van der Waals surface area (Å²) in [7, 11) is -0.671. The molecule has 1 aliphatic heterocycles. The average molecular weight is 308 g/mol. The Hall–Kier alpha value is -0.710. The quantitative estimate of drug-likeness (QED) is 0.798. The van der Waals surface area contributed by atoms with Crippen molar-refractivity contribution in [3.63, 3.8) is 0 Å². The summed E-state index contributed by atoms with van der Waals surface area (Å²) >= 11 is 0. The minimum absolute atomic E-state index is 0.466. The minimum atomic E-state index is -0.671. The van der Waals surface area contributed by atoms with Gasteiger partial charge in [-0.05, 0) is 38.3 Å². The number of nitrogens with zero attached hydrogens (tertiary/aromatic N) is 1. The molecule has 21 heavy (non-hydrogen) atoms. The molecule has 0 saturated carbocycles. The van der Waals surface area contributed by atoms with Gasteiger partial charge in [-0.25, -0.2) is 0 Å². The lowest BCUT2D eigenvalue weighted by Gasteiger charge is -2.20. The number of rotatable bonds is 8. The molecule has 4 heteroatoms. The summed E-state index contributed by atoms with van der Waals surface area (Å²) in [4.78, 5) is 2.55. The summed E-state index contributed by atoms with van der Waals surface area (Å²) in [5.41, 5.74) is 1.42. The number of likely N-dealkylation sites (tertiary alicyclic amines) is 1. The van der Waals surface area contributed by atoms with Gasteiger partial charge in [0.1, 0.15) is 0 Å². The van der Waals surface area contributed by atoms with Crippen molar-refractivity contribution >= 4 is 10.8 Å². The van der Waals surface area contributed by atoms with E-state index >= 15 is 0 Å². The number of hydrogen-bond acceptors (Lipinski definition) is 3. The molecule has 0 bridgehead atoms. The van der Waals surface area contributed by atoms with E-state index in [1.807, 2.05) is 0 Å². The van der Waals surface area contributed by atoms with Crippen LogP contribution in [-0.2, 0) is 17.2 Å². The zero-order valence-electron chi connectivity index (χ0n) is 13.3. The van der Waals surface area contributed by atoms with Gasteiger partial charge >= 0.3 is 0 Å². The Bertz CT molecular complexity index is 438. The van der Waals surface area contributed by atoms with E-state index in [0.29, 0.717) is 12.1 Å². The van der Waals surface area contributed by atoms with Crippen molar-refractivity contribution < 1.29 is 4.21 Å². The van der Waals surface area contributed by atoms with Crippen molar-refractivity contribution in [3.05, 3.63) is 35.9 Å². The van der Waals surface area contributed by atoms with Gasteiger partial charge in [0, 0.05) is 48.0 Å². The summed E-state index contributed by atoms with van der Waals surface area (Å²) in [5.74, 6) is 0.804. The molecule has 0 amide bonds. The largest absolute Gasteiger partial charge is 0.310 e. The van der Waals surface area contributed by atoms with Crippen LogP contribution < -0.4 is 5.32 Å². The van der Waals surface area contributed by atoms with Crippen molar-refractivity contribution in [1.82, 2.24) is 10.2 Å². The second kappa shape index (κ2) is 8.66. The molecule has 1 aromatic rings. The maximum absolute atomic E-state index is 11.1. The molecule has 0 aliphatic carbocycles. The smallest absolute Gasteiger partial charge is 0.0246 e. The van der Waals surface area contributed by atoms with Crippen LogP contribution in [0.1, 0.15) is 25.3 Å². The van der Waals surface area contributed by atoms with Gasteiger partial charge in [0.2, 0.25) is 0 Å². The molecule has 1 saturated heterocycles. The first-order valence-corrected chi connectivity index (χ1v) is 9.68. The molecule has 3 unspecified atom stereocenters. The van der Waals surface area contributed by atoms with Crippen LogP contribution in [0, 0.1) is 0 Å². The highest BCUT2D eigenvalue weighted by Crippen LogP contribution is 2.12. The second-order valence-corrected chi connectivity index (χ2v) is 7.71. The lowest BCUT2D eigenvalue weighted by Crippen LogP contribution is -2.39. The van der Waals surface area contributed by atoms with Crippen LogP contribution in [0.15, 0.2) is 30.3 Å². The fraction of sp³-hybridized carbons (Fsp3) is 0.647. The van der Waals surface area contributed by atoms with E-state index in [1.165, 1.54) is 18.5 Å². The van der Waals surface area contributed by atoms with Gasteiger partial charge in [-0.2, -0.15) is 0 Å². The molecule has 3 nitrogen and oxygen atoms in total. The van der Waals surface area contributed by atoms with E-state index in [4.69, 9.17) is 0 Å². The molecule has 118 valence electrons. The molecule has 1 aliphatic rings. The zero-order valence-corrected chi connectivity index (χ0v) is 14.1.